The normalized spacial score (nSPS) is 29.0. The van der Waals surface area contributed by atoms with Crippen molar-refractivity contribution in [1.82, 2.24) is 0 Å². The fourth-order valence-corrected chi connectivity index (χ4v) is 0.646. The molecule has 0 amide bonds. The lowest BCUT2D eigenvalue weighted by Crippen LogP contribution is -2.43. The second-order valence-corrected chi connectivity index (χ2v) is 2.21. The van der Waals surface area contributed by atoms with Crippen LogP contribution in [0.5, 0.6) is 0 Å². The molecule has 0 aromatic heterocycles. The molecule has 0 aromatic carbocycles. The van der Waals surface area contributed by atoms with Crippen LogP contribution >= 0.6 is 11.8 Å². The minimum absolute atomic E-state index is 0.528. The summed E-state index contributed by atoms with van der Waals surface area (Å²) in [5.74, 6) is 0. The molecule has 1 fully saturated rings. The fraction of sp³-hybridized carbons (Fsp3) is 1.00. The third kappa shape index (κ3) is 0.644. The summed E-state index contributed by atoms with van der Waals surface area (Å²) < 4.78 is -0.528. The van der Waals surface area contributed by atoms with E-state index in [4.69, 9.17) is 11.8 Å². The van der Waals surface area contributed by atoms with Crippen molar-refractivity contribution >= 4 is 11.8 Å². The minimum Gasteiger partial charge on any atom is -0.613 e. The highest BCUT2D eigenvalue weighted by atomic mass is 35.5. The first-order valence-electron chi connectivity index (χ1n) is 1.98. The lowest BCUT2D eigenvalue weighted by molar-refractivity contribution is -0.805. The average Bonchev–Trinajstić information content (AvgIpc) is 1.32. The van der Waals surface area contributed by atoms with Gasteiger partial charge in [0.25, 0.3) is 0 Å². The predicted molar refractivity (Wildman–Crippen MR) is 23.8 cm³/mol. The van der Waals surface area contributed by atoms with Gasteiger partial charge in [-0.2, -0.15) is 0 Å². The van der Waals surface area contributed by atoms with Gasteiger partial charge in [-0.1, -0.05) is 0 Å². The van der Waals surface area contributed by atoms with Crippen LogP contribution < -0.4 is 0 Å². The lowest BCUT2D eigenvalue weighted by atomic mass is 10.3. The van der Waals surface area contributed by atoms with Gasteiger partial charge in [0.2, 0.25) is 0 Å². The average molecular weight is 108 g/mol. The molecule has 1 saturated heterocycles. The number of quaternary nitrogens is 1. The predicted octanol–water partition coefficient (Wildman–Crippen LogP) is 0.858. The lowest BCUT2D eigenvalue weighted by Gasteiger charge is -2.40. The number of hydrogen-bond acceptors (Lipinski definition) is 1. The fourth-order valence-electron chi connectivity index (χ4n) is 0.407. The van der Waals surface area contributed by atoms with Crippen LogP contribution in [0.2, 0.25) is 0 Å². The first-order chi connectivity index (χ1) is 2.71. The zero-order valence-corrected chi connectivity index (χ0v) is 4.11. The summed E-state index contributed by atoms with van der Waals surface area (Å²) in [5.41, 5.74) is 0. The number of nitrogens with zero attached hydrogens (tertiary/aromatic N) is 1. The maximum absolute atomic E-state index is 10.3. The monoisotopic (exact) mass is 107 g/mol. The Hall–Kier alpha value is 0.210. The van der Waals surface area contributed by atoms with Gasteiger partial charge in [0.1, 0.15) is 13.1 Å². The first kappa shape index (κ1) is 4.37. The SMILES string of the molecule is [O-][N+]1(Cl)CCC1. The molecule has 1 aliphatic rings. The Kier molecular flexibility index (Phi) is 0.793. The van der Waals surface area contributed by atoms with Crippen molar-refractivity contribution < 1.29 is 4.17 Å². The topological polar surface area (TPSA) is 23.1 Å². The molecule has 0 unspecified atom stereocenters. The Balaban J connectivity index is 2.31. The summed E-state index contributed by atoms with van der Waals surface area (Å²) in [4.78, 5) is 0. The maximum Gasteiger partial charge on any atom is 0.166 e. The Morgan fingerprint density at radius 1 is 1.50 bits per heavy atom. The van der Waals surface area contributed by atoms with Crippen molar-refractivity contribution in [2.75, 3.05) is 13.1 Å². The Labute approximate surface area is 41.6 Å². The van der Waals surface area contributed by atoms with Gasteiger partial charge in [-0.25, -0.2) is 0 Å². The Morgan fingerprint density at radius 2 is 1.83 bits per heavy atom. The smallest absolute Gasteiger partial charge is 0.166 e. The summed E-state index contributed by atoms with van der Waals surface area (Å²) in [5, 5.41) is 10.3. The summed E-state index contributed by atoms with van der Waals surface area (Å²) in [7, 11) is 0. The van der Waals surface area contributed by atoms with Crippen molar-refractivity contribution in [1.29, 1.82) is 0 Å². The van der Waals surface area contributed by atoms with E-state index in [1.165, 1.54) is 0 Å². The van der Waals surface area contributed by atoms with E-state index in [1.54, 1.807) is 0 Å². The largest absolute Gasteiger partial charge is 0.613 e. The zero-order valence-electron chi connectivity index (χ0n) is 3.35. The van der Waals surface area contributed by atoms with Crippen molar-refractivity contribution in [3.05, 3.63) is 5.21 Å². The molecule has 0 radical (unpaired) electrons. The molecule has 0 saturated carbocycles. The molecule has 3 heteroatoms. The molecule has 0 atom stereocenters. The molecule has 0 spiro atoms. The van der Waals surface area contributed by atoms with Crippen molar-refractivity contribution in [3.8, 4) is 0 Å². The van der Waals surface area contributed by atoms with Crippen LogP contribution in [0.25, 0.3) is 0 Å². The highest BCUT2D eigenvalue weighted by molar-refractivity contribution is 6.07. The number of halogens is 1. The third-order valence-electron chi connectivity index (χ3n) is 0.984. The summed E-state index contributed by atoms with van der Waals surface area (Å²) in [6, 6.07) is 0. The second kappa shape index (κ2) is 1.09. The van der Waals surface area contributed by atoms with Crippen LogP contribution in [0.1, 0.15) is 6.42 Å². The first-order valence-corrected chi connectivity index (χ1v) is 2.32. The number of hydrogen-bond donors (Lipinski definition) is 0. The van der Waals surface area contributed by atoms with E-state index in [1.807, 2.05) is 0 Å². The molecule has 1 rings (SSSR count). The molecule has 6 heavy (non-hydrogen) atoms. The van der Waals surface area contributed by atoms with E-state index in [9.17, 15) is 5.21 Å². The van der Waals surface area contributed by atoms with Gasteiger partial charge < -0.3 is 5.21 Å². The molecule has 0 aliphatic carbocycles. The van der Waals surface area contributed by atoms with Gasteiger partial charge in [-0.05, 0) is 0 Å². The molecule has 0 bridgehead atoms. The van der Waals surface area contributed by atoms with E-state index in [0.29, 0.717) is 13.1 Å². The Bertz CT molecular complexity index is 57.8. The van der Waals surface area contributed by atoms with E-state index in [2.05, 4.69) is 0 Å². The number of rotatable bonds is 0. The molecular weight excluding hydrogens is 101 g/mol. The van der Waals surface area contributed by atoms with Crippen LogP contribution in [0, 0.1) is 5.21 Å². The summed E-state index contributed by atoms with van der Waals surface area (Å²) in [6.07, 6.45) is 0.993. The van der Waals surface area contributed by atoms with Crippen LogP contribution in [0.3, 0.4) is 0 Å². The van der Waals surface area contributed by atoms with Gasteiger partial charge in [-0.15, -0.1) is 0 Å². The van der Waals surface area contributed by atoms with Gasteiger partial charge >= 0.3 is 0 Å². The van der Waals surface area contributed by atoms with Crippen LogP contribution in [-0.2, 0) is 0 Å². The molecule has 0 N–H and O–H groups in total. The van der Waals surface area contributed by atoms with E-state index >= 15 is 0 Å². The minimum atomic E-state index is -0.528. The van der Waals surface area contributed by atoms with Crippen LogP contribution in [0.4, 0.5) is 0 Å². The zero-order chi connectivity index (χ0) is 4.62. The van der Waals surface area contributed by atoms with Gasteiger partial charge in [-0.3, -0.25) is 4.17 Å². The van der Waals surface area contributed by atoms with Crippen molar-refractivity contribution in [2.45, 2.75) is 6.42 Å². The van der Waals surface area contributed by atoms with Gasteiger partial charge in [0, 0.05) is 6.42 Å². The standard InChI is InChI=1S/C3H6ClNO/c4-5(6)2-1-3-5/h1-3H2. The van der Waals surface area contributed by atoms with Crippen LogP contribution in [-0.4, -0.2) is 17.3 Å². The molecule has 2 nitrogen and oxygen atoms in total. The highest BCUT2D eigenvalue weighted by Crippen LogP contribution is 2.20. The summed E-state index contributed by atoms with van der Waals surface area (Å²) >= 11 is 5.19. The number of hydroxylamine groups is 2. The van der Waals surface area contributed by atoms with Gasteiger partial charge in [0.15, 0.2) is 11.8 Å². The van der Waals surface area contributed by atoms with E-state index in [0.717, 1.165) is 6.42 Å². The molecule has 36 valence electrons. The molecule has 1 aliphatic heterocycles. The van der Waals surface area contributed by atoms with E-state index in [-0.39, 0.29) is 0 Å². The van der Waals surface area contributed by atoms with Crippen molar-refractivity contribution in [2.24, 2.45) is 0 Å². The third-order valence-corrected chi connectivity index (χ3v) is 1.32. The molecular formula is C3H6ClNO. The quantitative estimate of drug-likeness (QED) is 0.333. The van der Waals surface area contributed by atoms with Crippen LogP contribution in [0.15, 0.2) is 0 Å². The van der Waals surface area contributed by atoms with Crippen molar-refractivity contribution in [3.63, 3.8) is 0 Å². The highest BCUT2D eigenvalue weighted by Gasteiger charge is 2.23. The molecule has 1 heterocycles. The second-order valence-electron chi connectivity index (χ2n) is 1.59. The van der Waals surface area contributed by atoms with Gasteiger partial charge in [0.05, 0.1) is 0 Å². The summed E-state index contributed by atoms with van der Waals surface area (Å²) in [6.45, 7) is 1.20. The maximum atomic E-state index is 10.3. The molecule has 0 aromatic rings. The van der Waals surface area contributed by atoms with E-state index < -0.39 is 4.17 Å². The Morgan fingerprint density at radius 3 is 1.83 bits per heavy atom.